The lowest BCUT2D eigenvalue weighted by atomic mass is 10.0. The van der Waals surface area contributed by atoms with Crippen molar-refractivity contribution in [1.82, 2.24) is 29.0 Å². The number of nitrogens with one attached hydrogen (secondary N) is 2. The molecule has 0 radical (unpaired) electrons. The van der Waals surface area contributed by atoms with Crippen LogP contribution in [0.25, 0.3) is 0 Å². The largest absolute Gasteiger partial charge is 0.458 e. The number of carbonyl (C=O) groups is 6. The van der Waals surface area contributed by atoms with Crippen molar-refractivity contribution < 1.29 is 64.6 Å². The molecule has 0 unspecified atom stereocenters. The fraction of sp³-hybridized carbons (Fsp3) is 0.483. The first-order valence-electron chi connectivity index (χ1n) is 26.8. The molecule has 3 heterocycles. The third-order valence-corrected chi connectivity index (χ3v) is 20.8. The number of hydrogen-bond donors (Lipinski definition) is 2. The van der Waals surface area contributed by atoms with Crippen molar-refractivity contribution in [2.24, 2.45) is 0 Å². The number of carbonyl (C=O) groups excluding carboxylic acids is 6. The quantitative estimate of drug-likeness (QED) is 0.104. The van der Waals surface area contributed by atoms with Gasteiger partial charge < -0.3 is 39.4 Å². The molecule has 24 heteroatoms. The summed E-state index contributed by atoms with van der Waals surface area (Å²) in [5.41, 5.74) is 0.435. The van der Waals surface area contributed by atoms with Crippen LogP contribution in [0.15, 0.2) is 107 Å². The number of rotatable bonds is 16. The number of aryl methyl sites for hydroxylation is 2. The second-order valence-corrected chi connectivity index (χ2v) is 30.4. The molecule has 0 aliphatic carbocycles. The molecule has 0 bridgehead atoms. The summed E-state index contributed by atoms with van der Waals surface area (Å²) >= 11 is 2.64. The highest BCUT2D eigenvalue weighted by Crippen LogP contribution is 2.44. The Kier molecular flexibility index (Phi) is 19.3. The van der Waals surface area contributed by atoms with Crippen molar-refractivity contribution in [3.05, 3.63) is 119 Å². The maximum absolute atomic E-state index is 14.2. The van der Waals surface area contributed by atoms with Gasteiger partial charge in [0.2, 0.25) is 31.9 Å². The Labute approximate surface area is 489 Å². The zero-order valence-corrected chi connectivity index (χ0v) is 51.6. The zero-order chi connectivity index (χ0) is 60.3. The van der Waals surface area contributed by atoms with E-state index < -0.39 is 101 Å². The molecule has 0 spiro atoms. The first kappa shape index (κ1) is 63.4. The summed E-state index contributed by atoms with van der Waals surface area (Å²) in [6.45, 7) is 21.2. The first-order chi connectivity index (χ1) is 38.2. The highest BCUT2D eigenvalue weighted by Gasteiger charge is 2.53. The van der Waals surface area contributed by atoms with Gasteiger partial charge in [0.15, 0.2) is 0 Å². The van der Waals surface area contributed by atoms with Gasteiger partial charge in [0.05, 0.1) is 21.5 Å². The lowest BCUT2D eigenvalue weighted by molar-refractivity contribution is -0.159. The Morgan fingerprint density at radius 1 is 0.537 bits per heavy atom. The highest BCUT2D eigenvalue weighted by atomic mass is 32.2. The summed E-state index contributed by atoms with van der Waals surface area (Å²) in [5, 5.41) is 5.61. The molecule has 4 atom stereocenters. The maximum Gasteiger partial charge on any atom is 0.415 e. The Morgan fingerprint density at radius 3 is 1.16 bits per heavy atom. The summed E-state index contributed by atoms with van der Waals surface area (Å²) in [6.07, 6.45) is -1.37. The van der Waals surface area contributed by atoms with Gasteiger partial charge in [-0.15, -0.1) is 23.5 Å². The van der Waals surface area contributed by atoms with Crippen LogP contribution in [0, 0.1) is 13.8 Å². The molecule has 4 amide bonds. The molecule has 444 valence electrons. The van der Waals surface area contributed by atoms with Gasteiger partial charge in [-0.3, -0.25) is 9.59 Å². The lowest BCUT2D eigenvalue weighted by Gasteiger charge is -2.33. The number of esters is 2. The van der Waals surface area contributed by atoms with Gasteiger partial charge in [0.25, 0.3) is 0 Å². The molecule has 3 fully saturated rings. The maximum atomic E-state index is 14.2. The second-order valence-electron chi connectivity index (χ2n) is 23.5. The van der Waals surface area contributed by atoms with E-state index in [0.29, 0.717) is 22.3 Å². The van der Waals surface area contributed by atoms with Gasteiger partial charge in [-0.2, -0.15) is 8.61 Å². The average molecular weight is 1210 g/mol. The van der Waals surface area contributed by atoms with Crippen molar-refractivity contribution >= 4 is 79.5 Å². The number of piperazine rings is 1. The SMILES string of the molecule is Cc1ccccc1S(=O)(=O)N1CSC(C)(C)[C@H]1C(=O)N[C@@H](Cc1ccc(OC(=O)N2CCN(C(=O)Oc3ccc(C[C@H](NC(=O)[C@H]4N(S(=O)(=O)c5ccccc5C)CSC4(C)C)C(=O)OC(C)(C)C)cc3)CC2)cc1)C(=O)OC(C)(C)C. The predicted octanol–water partition coefficient (Wildman–Crippen LogP) is 7.44. The van der Waals surface area contributed by atoms with Crippen LogP contribution >= 0.6 is 23.5 Å². The van der Waals surface area contributed by atoms with E-state index in [4.69, 9.17) is 18.9 Å². The van der Waals surface area contributed by atoms with E-state index in [1.165, 1.54) is 54.1 Å². The van der Waals surface area contributed by atoms with Crippen LogP contribution in [0.3, 0.4) is 0 Å². The standard InChI is InChI=1S/C58H74N6O14S4/c1-37-17-13-15-19-45(37)81(71,72)63-35-79-57(9,10)47(63)49(65)59-43(51(67)77-55(3,4)5)33-39-21-25-41(26-22-39)75-53(69)61-29-31-62(32-30-61)54(70)76-42-27-23-40(24-28-42)34-44(52(68)78-56(6,7)8)60-50(66)48-58(11,12)80-36-64(48)82(73,74)46-20-16-14-18-38(46)2/h13-28,43-44,47-48H,29-36H2,1-12H3,(H,59,65)(H,60,66)/t43-,44-,47+,48+/m0/s1. The molecule has 4 aromatic rings. The molecular weight excluding hydrogens is 1130 g/mol. The fourth-order valence-electron chi connectivity index (χ4n) is 9.61. The van der Waals surface area contributed by atoms with Crippen LogP contribution in [0.5, 0.6) is 11.5 Å². The van der Waals surface area contributed by atoms with Crippen LogP contribution in [0.4, 0.5) is 9.59 Å². The Bertz CT molecular complexity index is 3050. The minimum Gasteiger partial charge on any atom is -0.458 e. The number of nitrogens with zero attached hydrogens (tertiary/aromatic N) is 4. The molecule has 82 heavy (non-hydrogen) atoms. The monoisotopic (exact) mass is 1210 g/mol. The third-order valence-electron chi connectivity index (χ3n) is 13.8. The summed E-state index contributed by atoms with van der Waals surface area (Å²) in [6, 6.07) is 21.1. The molecular formula is C58H74N6O14S4. The van der Waals surface area contributed by atoms with E-state index in [2.05, 4.69) is 10.6 Å². The summed E-state index contributed by atoms with van der Waals surface area (Å²) < 4.78 is 79.4. The number of hydrogen-bond acceptors (Lipinski definition) is 16. The van der Waals surface area contributed by atoms with Gasteiger partial charge in [0, 0.05) is 48.5 Å². The van der Waals surface area contributed by atoms with Crippen molar-refractivity contribution in [1.29, 1.82) is 0 Å². The highest BCUT2D eigenvalue weighted by molar-refractivity contribution is 8.02. The number of amides is 4. The smallest absolute Gasteiger partial charge is 0.415 e. The normalized spacial score (nSPS) is 19.4. The molecule has 0 aromatic heterocycles. The molecule has 4 aromatic carbocycles. The minimum atomic E-state index is -4.11. The molecule has 2 N–H and O–H groups in total. The van der Waals surface area contributed by atoms with E-state index in [9.17, 15) is 45.6 Å². The van der Waals surface area contributed by atoms with Crippen molar-refractivity contribution in [2.75, 3.05) is 37.9 Å². The van der Waals surface area contributed by atoms with Gasteiger partial charge in [-0.05, 0) is 142 Å². The van der Waals surface area contributed by atoms with Crippen molar-refractivity contribution in [3.63, 3.8) is 0 Å². The van der Waals surface area contributed by atoms with Gasteiger partial charge in [-0.25, -0.2) is 36.0 Å². The summed E-state index contributed by atoms with van der Waals surface area (Å²) in [7, 11) is -8.21. The van der Waals surface area contributed by atoms with Crippen LogP contribution in [0.1, 0.15) is 91.5 Å². The minimum absolute atomic E-state index is 0.0268. The Morgan fingerprint density at radius 2 is 0.854 bits per heavy atom. The van der Waals surface area contributed by atoms with Crippen molar-refractivity contribution in [3.8, 4) is 11.5 Å². The number of ether oxygens (including phenoxy) is 4. The predicted molar refractivity (Wildman–Crippen MR) is 312 cm³/mol. The average Bonchev–Trinajstić information content (AvgIpc) is 3.86. The molecule has 3 aliphatic heterocycles. The van der Waals surface area contributed by atoms with Crippen LogP contribution < -0.4 is 20.1 Å². The topological polar surface area (TPSA) is 245 Å². The second kappa shape index (κ2) is 25.0. The number of thioether (sulfide) groups is 2. The van der Waals surface area contributed by atoms with Crippen LogP contribution in [-0.2, 0) is 61.5 Å². The van der Waals surface area contributed by atoms with Crippen molar-refractivity contribution in [2.45, 2.75) is 151 Å². The Hall–Kier alpha value is -6.18. The van der Waals surface area contributed by atoms with E-state index in [-0.39, 0.29) is 72.1 Å². The third kappa shape index (κ3) is 15.3. The summed E-state index contributed by atoms with van der Waals surface area (Å²) in [4.78, 5) is 85.6. The molecule has 7 rings (SSSR count). The zero-order valence-electron chi connectivity index (χ0n) is 48.3. The lowest BCUT2D eigenvalue weighted by Crippen LogP contribution is -2.57. The number of benzene rings is 4. The van der Waals surface area contributed by atoms with Gasteiger partial charge in [0.1, 0.15) is 46.9 Å². The van der Waals surface area contributed by atoms with Gasteiger partial charge in [-0.1, -0.05) is 60.7 Å². The molecule has 0 saturated carbocycles. The fourth-order valence-corrected chi connectivity index (χ4v) is 16.4. The van der Waals surface area contributed by atoms with E-state index in [0.717, 1.165) is 0 Å². The van der Waals surface area contributed by atoms with E-state index in [1.54, 1.807) is 168 Å². The first-order valence-corrected chi connectivity index (χ1v) is 31.6. The van der Waals surface area contributed by atoms with Crippen LogP contribution in [0.2, 0.25) is 0 Å². The van der Waals surface area contributed by atoms with E-state index in [1.807, 2.05) is 0 Å². The molecule has 3 aliphatic rings. The van der Waals surface area contributed by atoms with Crippen LogP contribution in [-0.4, -0.2) is 154 Å². The summed E-state index contributed by atoms with van der Waals surface area (Å²) in [5.74, 6) is -2.28. The molecule has 20 nitrogen and oxygen atoms in total. The van der Waals surface area contributed by atoms with Gasteiger partial charge >= 0.3 is 24.1 Å². The van der Waals surface area contributed by atoms with E-state index >= 15 is 0 Å². The molecule has 3 saturated heterocycles. The number of sulfonamides is 2. The Balaban J connectivity index is 0.931.